The van der Waals surface area contributed by atoms with Gasteiger partial charge < -0.3 is 15.2 Å². The van der Waals surface area contributed by atoms with Gasteiger partial charge >= 0.3 is 5.97 Å². The summed E-state index contributed by atoms with van der Waals surface area (Å²) in [4.78, 5) is 12.3. The molecule has 0 bridgehead atoms. The maximum atomic E-state index is 12.3. The van der Waals surface area contributed by atoms with Gasteiger partial charge in [0.2, 0.25) is 11.8 Å². The number of aromatic amines is 1. The molecule has 4 rings (SSSR count). The zero-order chi connectivity index (χ0) is 22.2. The normalized spacial score (nSPS) is 15.6. The minimum Gasteiger partial charge on any atom is -0.423 e. The molecule has 7 nitrogen and oxygen atoms in total. The molecular formula is C24H22N4O3. The van der Waals surface area contributed by atoms with Gasteiger partial charge in [-0.1, -0.05) is 51.1 Å². The van der Waals surface area contributed by atoms with Gasteiger partial charge in [-0.3, -0.25) is 5.10 Å². The van der Waals surface area contributed by atoms with Gasteiger partial charge in [-0.2, -0.15) is 5.26 Å². The maximum absolute atomic E-state index is 12.3. The number of aromatic nitrogens is 2. The summed E-state index contributed by atoms with van der Waals surface area (Å²) in [6.07, 6.45) is 0. The number of nitrogens with two attached hydrogens (primary N) is 1. The van der Waals surface area contributed by atoms with Crippen molar-refractivity contribution in [3.05, 3.63) is 88.4 Å². The number of hydrogen-bond donors (Lipinski definition) is 2. The van der Waals surface area contributed by atoms with Crippen molar-refractivity contribution >= 4 is 5.97 Å². The summed E-state index contributed by atoms with van der Waals surface area (Å²) in [5.74, 6) is -0.0739. The minimum atomic E-state index is -0.444. The Hall–Kier alpha value is -4.05. The smallest absolute Gasteiger partial charge is 0.343 e. The highest BCUT2D eigenvalue weighted by Gasteiger charge is 2.38. The molecule has 3 N–H and O–H groups in total. The molecular weight excluding hydrogens is 392 g/mol. The van der Waals surface area contributed by atoms with Gasteiger partial charge in [0, 0.05) is 11.1 Å². The second-order valence-electron chi connectivity index (χ2n) is 8.32. The quantitative estimate of drug-likeness (QED) is 0.492. The first-order valence-corrected chi connectivity index (χ1v) is 9.83. The van der Waals surface area contributed by atoms with Crippen molar-refractivity contribution in [3.8, 4) is 17.7 Å². The highest BCUT2D eigenvalue weighted by atomic mass is 16.5. The fourth-order valence-electron chi connectivity index (χ4n) is 3.62. The van der Waals surface area contributed by atoms with Crippen molar-refractivity contribution in [1.82, 2.24) is 10.2 Å². The molecule has 1 aromatic heterocycles. The minimum absolute atomic E-state index is 0.0338. The van der Waals surface area contributed by atoms with Gasteiger partial charge in [0.05, 0.1) is 17.0 Å². The third kappa shape index (κ3) is 3.76. The van der Waals surface area contributed by atoms with Crippen molar-refractivity contribution in [2.45, 2.75) is 32.1 Å². The third-order valence-electron chi connectivity index (χ3n) is 5.12. The zero-order valence-electron chi connectivity index (χ0n) is 17.5. The molecule has 3 aromatic rings. The lowest BCUT2D eigenvalue weighted by Gasteiger charge is -2.27. The Balaban J connectivity index is 1.70. The summed E-state index contributed by atoms with van der Waals surface area (Å²) in [6, 6.07) is 18.0. The Labute approximate surface area is 180 Å². The molecule has 2 aromatic carbocycles. The lowest BCUT2D eigenvalue weighted by molar-refractivity contribution is 0.0734. The van der Waals surface area contributed by atoms with Crippen LogP contribution in [0.4, 0.5) is 0 Å². The van der Waals surface area contributed by atoms with Crippen LogP contribution < -0.4 is 15.2 Å². The number of ether oxygens (including phenoxy) is 2. The number of allylic oxidation sites excluding steroid dienone is 1. The first-order chi connectivity index (χ1) is 14.8. The van der Waals surface area contributed by atoms with Gasteiger partial charge in [0.25, 0.3) is 0 Å². The molecule has 156 valence electrons. The van der Waals surface area contributed by atoms with E-state index in [0.717, 1.165) is 16.8 Å². The van der Waals surface area contributed by atoms with Gasteiger partial charge in [0.1, 0.15) is 17.4 Å². The van der Waals surface area contributed by atoms with Gasteiger partial charge in [-0.25, -0.2) is 4.79 Å². The lowest BCUT2D eigenvalue weighted by Crippen LogP contribution is -2.23. The van der Waals surface area contributed by atoms with Crippen LogP contribution in [0.1, 0.15) is 53.9 Å². The summed E-state index contributed by atoms with van der Waals surface area (Å²) < 4.78 is 11.1. The standard InChI is InChI=1S/C24H22N4O3/c1-24(2,3)20-19-18(17(13-25)21(26)31-22(19)28-27-20)14-9-11-16(12-10-14)30-23(29)15-7-5-4-6-8-15/h4-12,18H,26H2,1-3H3,(H,27,28)/t18-/m0/s1. The largest absolute Gasteiger partial charge is 0.423 e. The number of nitriles is 1. The van der Waals surface area contributed by atoms with Crippen LogP contribution in [0.25, 0.3) is 0 Å². The summed E-state index contributed by atoms with van der Waals surface area (Å²) in [5, 5.41) is 17.1. The number of carbonyl (C=O) groups is 1. The molecule has 1 aliphatic rings. The van der Waals surface area contributed by atoms with E-state index in [1.165, 1.54) is 0 Å². The van der Waals surface area contributed by atoms with Crippen LogP contribution in [0.5, 0.6) is 11.6 Å². The van der Waals surface area contributed by atoms with E-state index in [-0.39, 0.29) is 11.3 Å². The maximum Gasteiger partial charge on any atom is 0.343 e. The molecule has 0 saturated carbocycles. The first kappa shape index (κ1) is 20.2. The Morgan fingerprint density at radius 3 is 2.45 bits per heavy atom. The third-order valence-corrected chi connectivity index (χ3v) is 5.12. The predicted octanol–water partition coefficient (Wildman–Crippen LogP) is 4.14. The van der Waals surface area contributed by atoms with E-state index in [1.54, 1.807) is 36.4 Å². The number of fused-ring (bicyclic) bond motifs is 1. The highest BCUT2D eigenvalue weighted by molar-refractivity contribution is 5.90. The number of hydrogen-bond acceptors (Lipinski definition) is 6. The topological polar surface area (TPSA) is 114 Å². The SMILES string of the molecule is CC(C)(C)c1[nH]nc2c1[C@@H](c1ccc(OC(=O)c3ccccc3)cc1)C(C#N)=C(N)O2. The summed E-state index contributed by atoms with van der Waals surface area (Å²) in [6.45, 7) is 6.16. The van der Waals surface area contributed by atoms with Gasteiger partial charge in [0.15, 0.2) is 0 Å². The number of rotatable bonds is 3. The molecule has 0 fully saturated rings. The van der Waals surface area contributed by atoms with E-state index in [1.807, 2.05) is 18.2 Å². The number of nitrogens with one attached hydrogen (secondary N) is 1. The highest BCUT2D eigenvalue weighted by Crippen LogP contribution is 2.45. The first-order valence-electron chi connectivity index (χ1n) is 9.83. The number of esters is 1. The monoisotopic (exact) mass is 414 g/mol. The van der Waals surface area contributed by atoms with Crippen LogP contribution in [0.2, 0.25) is 0 Å². The summed E-state index contributed by atoms with van der Waals surface area (Å²) >= 11 is 0. The van der Waals surface area contributed by atoms with Crippen molar-refractivity contribution < 1.29 is 14.3 Å². The molecule has 0 amide bonds. The van der Waals surface area contributed by atoms with E-state index in [0.29, 0.717) is 22.8 Å². The Bertz CT molecular complexity index is 1200. The fraction of sp³-hybridized carbons (Fsp3) is 0.208. The second kappa shape index (κ2) is 7.65. The van der Waals surface area contributed by atoms with E-state index >= 15 is 0 Å². The van der Waals surface area contributed by atoms with Crippen molar-refractivity contribution in [2.75, 3.05) is 0 Å². The van der Waals surface area contributed by atoms with Crippen molar-refractivity contribution in [1.29, 1.82) is 5.26 Å². The molecule has 31 heavy (non-hydrogen) atoms. The fourth-order valence-corrected chi connectivity index (χ4v) is 3.62. The lowest BCUT2D eigenvalue weighted by atomic mass is 9.79. The molecule has 1 atom stereocenters. The molecule has 0 saturated heterocycles. The van der Waals surface area contributed by atoms with Crippen LogP contribution >= 0.6 is 0 Å². The Morgan fingerprint density at radius 2 is 1.84 bits per heavy atom. The van der Waals surface area contributed by atoms with E-state index in [9.17, 15) is 10.1 Å². The van der Waals surface area contributed by atoms with Crippen LogP contribution in [-0.4, -0.2) is 16.2 Å². The predicted molar refractivity (Wildman–Crippen MR) is 114 cm³/mol. The average Bonchev–Trinajstić information content (AvgIpc) is 3.18. The molecule has 0 radical (unpaired) electrons. The number of H-pyrrole nitrogens is 1. The molecule has 7 heteroatoms. The zero-order valence-corrected chi connectivity index (χ0v) is 17.5. The number of benzene rings is 2. The molecule has 0 unspecified atom stereocenters. The van der Waals surface area contributed by atoms with Crippen LogP contribution in [0, 0.1) is 11.3 Å². The number of carbonyl (C=O) groups excluding carboxylic acids is 1. The molecule has 0 aliphatic carbocycles. The Morgan fingerprint density at radius 1 is 1.16 bits per heavy atom. The second-order valence-corrected chi connectivity index (χ2v) is 8.32. The average molecular weight is 414 g/mol. The Kier molecular flexibility index (Phi) is 4.99. The van der Waals surface area contributed by atoms with E-state index < -0.39 is 11.9 Å². The van der Waals surface area contributed by atoms with Crippen molar-refractivity contribution in [3.63, 3.8) is 0 Å². The summed E-state index contributed by atoms with van der Waals surface area (Å²) in [7, 11) is 0. The van der Waals surface area contributed by atoms with Gasteiger partial charge in [-0.05, 0) is 29.8 Å². The molecule has 2 heterocycles. The van der Waals surface area contributed by atoms with Gasteiger partial charge in [-0.15, -0.1) is 5.10 Å². The van der Waals surface area contributed by atoms with E-state index in [2.05, 4.69) is 37.0 Å². The van der Waals surface area contributed by atoms with Crippen LogP contribution in [0.15, 0.2) is 66.1 Å². The van der Waals surface area contributed by atoms with Crippen LogP contribution in [-0.2, 0) is 5.41 Å². The van der Waals surface area contributed by atoms with Crippen molar-refractivity contribution in [2.24, 2.45) is 5.73 Å². The van der Waals surface area contributed by atoms with Crippen LogP contribution in [0.3, 0.4) is 0 Å². The molecule has 0 spiro atoms. The molecule has 1 aliphatic heterocycles. The summed E-state index contributed by atoms with van der Waals surface area (Å²) in [5.41, 5.74) is 9.02. The number of nitrogens with zero attached hydrogens (tertiary/aromatic N) is 2. The van der Waals surface area contributed by atoms with E-state index in [4.69, 9.17) is 15.2 Å².